The summed E-state index contributed by atoms with van der Waals surface area (Å²) in [7, 11) is 1.54. The molecule has 1 rings (SSSR count). The highest BCUT2D eigenvalue weighted by Crippen LogP contribution is 2.24. The number of ether oxygens (including phenoxy) is 1. The molecule has 0 bridgehead atoms. The van der Waals surface area contributed by atoms with Crippen LogP contribution in [0.25, 0.3) is 0 Å². The number of carbonyl (C=O) groups excluding carboxylic acids is 1. The molecule has 0 fully saturated rings. The third kappa shape index (κ3) is 3.40. The third-order valence-electron chi connectivity index (χ3n) is 3.90. The summed E-state index contributed by atoms with van der Waals surface area (Å²) in [6.45, 7) is 6.28. The Bertz CT molecular complexity index is 432. The number of benzene rings is 1. The van der Waals surface area contributed by atoms with Crippen molar-refractivity contribution in [2.45, 2.75) is 45.6 Å². The maximum atomic E-state index is 12.3. The normalized spacial score (nSPS) is 11.2. The number of hydrogen-bond donors (Lipinski definition) is 2. The average molecular weight is 264 g/mol. The van der Waals surface area contributed by atoms with Crippen LogP contribution in [0.5, 0.6) is 5.75 Å². The molecule has 0 aromatic heterocycles. The van der Waals surface area contributed by atoms with Crippen molar-refractivity contribution in [2.24, 2.45) is 0 Å². The number of hydrogen-bond acceptors (Lipinski definition) is 3. The van der Waals surface area contributed by atoms with Gasteiger partial charge in [-0.2, -0.15) is 0 Å². The van der Waals surface area contributed by atoms with E-state index in [4.69, 9.17) is 10.5 Å². The van der Waals surface area contributed by atoms with Gasteiger partial charge >= 0.3 is 0 Å². The molecular weight excluding hydrogens is 240 g/mol. The molecule has 106 valence electrons. The first-order valence-corrected chi connectivity index (χ1v) is 6.78. The maximum absolute atomic E-state index is 12.3. The number of nitrogens with two attached hydrogens (primary N) is 1. The quantitative estimate of drug-likeness (QED) is 0.776. The van der Waals surface area contributed by atoms with Gasteiger partial charge < -0.3 is 15.8 Å². The molecule has 1 aromatic rings. The molecule has 3 N–H and O–H groups in total. The summed E-state index contributed by atoms with van der Waals surface area (Å²) in [5, 5.41) is 3.13. The fourth-order valence-electron chi connectivity index (χ4n) is 2.18. The number of nitrogen functional groups attached to an aromatic ring is 1. The topological polar surface area (TPSA) is 64.4 Å². The molecule has 4 heteroatoms. The lowest BCUT2D eigenvalue weighted by atomic mass is 9.89. The Morgan fingerprint density at radius 2 is 1.84 bits per heavy atom. The Morgan fingerprint density at radius 3 is 2.32 bits per heavy atom. The lowest BCUT2D eigenvalue weighted by Crippen LogP contribution is -2.47. The Balaban J connectivity index is 2.94. The first kappa shape index (κ1) is 15.3. The molecule has 0 atom stereocenters. The van der Waals surface area contributed by atoms with Crippen molar-refractivity contribution in [3.8, 4) is 5.75 Å². The van der Waals surface area contributed by atoms with Gasteiger partial charge in [0.15, 0.2) is 0 Å². The van der Waals surface area contributed by atoms with E-state index in [9.17, 15) is 4.79 Å². The second kappa shape index (κ2) is 6.45. The smallest absolute Gasteiger partial charge is 0.251 e. The van der Waals surface area contributed by atoms with E-state index in [1.165, 1.54) is 0 Å². The minimum atomic E-state index is -0.133. The fourth-order valence-corrected chi connectivity index (χ4v) is 2.18. The van der Waals surface area contributed by atoms with Crippen molar-refractivity contribution < 1.29 is 9.53 Å². The van der Waals surface area contributed by atoms with Gasteiger partial charge in [0.25, 0.3) is 5.91 Å². The zero-order valence-electron chi connectivity index (χ0n) is 12.2. The van der Waals surface area contributed by atoms with Crippen molar-refractivity contribution in [3.63, 3.8) is 0 Å². The Kier molecular flexibility index (Phi) is 5.21. The van der Waals surface area contributed by atoms with Gasteiger partial charge in [-0.05, 0) is 37.5 Å². The van der Waals surface area contributed by atoms with Crippen LogP contribution in [0.2, 0.25) is 0 Å². The molecule has 0 heterocycles. The summed E-state index contributed by atoms with van der Waals surface area (Å²) >= 11 is 0. The van der Waals surface area contributed by atoms with Crippen molar-refractivity contribution in [1.29, 1.82) is 0 Å². The monoisotopic (exact) mass is 264 g/mol. The van der Waals surface area contributed by atoms with Crippen LogP contribution in [-0.4, -0.2) is 18.6 Å². The predicted octanol–water partition coefficient (Wildman–Crippen LogP) is 2.98. The van der Waals surface area contributed by atoms with Gasteiger partial charge in [0.1, 0.15) is 5.75 Å². The molecule has 1 aromatic carbocycles. The lowest BCUT2D eigenvalue weighted by Gasteiger charge is -2.31. The third-order valence-corrected chi connectivity index (χ3v) is 3.90. The van der Waals surface area contributed by atoms with E-state index in [0.717, 1.165) is 19.3 Å². The van der Waals surface area contributed by atoms with Gasteiger partial charge in [-0.15, -0.1) is 0 Å². The summed E-state index contributed by atoms with van der Waals surface area (Å²) in [5.41, 5.74) is 6.72. The molecule has 0 spiro atoms. The standard InChI is InChI=1S/C15H24N2O2/c1-5-15(6-2,7-3)17-14(18)11-8-9-12(16)13(10-11)19-4/h8-10H,5-7,16H2,1-4H3,(H,17,18). The van der Waals surface area contributed by atoms with Crippen molar-refractivity contribution >= 4 is 11.6 Å². The van der Waals surface area contributed by atoms with E-state index in [0.29, 0.717) is 17.0 Å². The molecule has 4 nitrogen and oxygen atoms in total. The first-order valence-electron chi connectivity index (χ1n) is 6.78. The largest absolute Gasteiger partial charge is 0.495 e. The molecule has 1 amide bonds. The molecule has 0 radical (unpaired) electrons. The minimum Gasteiger partial charge on any atom is -0.495 e. The van der Waals surface area contributed by atoms with Crippen LogP contribution in [0.1, 0.15) is 50.4 Å². The van der Waals surface area contributed by atoms with E-state index in [1.54, 1.807) is 25.3 Å². The molecule has 0 unspecified atom stereocenters. The predicted molar refractivity (Wildman–Crippen MR) is 78.5 cm³/mol. The van der Waals surface area contributed by atoms with Crippen LogP contribution in [0, 0.1) is 0 Å². The Hall–Kier alpha value is -1.71. The number of nitrogens with one attached hydrogen (secondary N) is 1. The minimum absolute atomic E-state index is 0.0798. The number of carbonyl (C=O) groups is 1. The van der Waals surface area contributed by atoms with E-state index in [1.807, 2.05) is 0 Å². The average Bonchev–Trinajstić information content (AvgIpc) is 2.45. The zero-order chi connectivity index (χ0) is 14.5. The molecule has 0 saturated heterocycles. The maximum Gasteiger partial charge on any atom is 0.251 e. The van der Waals surface area contributed by atoms with Gasteiger partial charge in [-0.3, -0.25) is 4.79 Å². The van der Waals surface area contributed by atoms with E-state index in [-0.39, 0.29) is 11.4 Å². The molecule has 0 aliphatic heterocycles. The van der Waals surface area contributed by atoms with Crippen LogP contribution < -0.4 is 15.8 Å². The molecule has 0 aliphatic rings. The fraction of sp³-hybridized carbons (Fsp3) is 0.533. The highest BCUT2D eigenvalue weighted by Gasteiger charge is 2.26. The van der Waals surface area contributed by atoms with Crippen molar-refractivity contribution in [1.82, 2.24) is 5.32 Å². The Morgan fingerprint density at radius 1 is 1.26 bits per heavy atom. The molecule has 19 heavy (non-hydrogen) atoms. The Labute approximate surface area is 115 Å². The second-order valence-corrected chi connectivity index (χ2v) is 4.75. The van der Waals surface area contributed by atoms with E-state index >= 15 is 0 Å². The van der Waals surface area contributed by atoms with Gasteiger partial charge in [0, 0.05) is 11.1 Å². The highest BCUT2D eigenvalue weighted by atomic mass is 16.5. The lowest BCUT2D eigenvalue weighted by molar-refractivity contribution is 0.0888. The van der Waals surface area contributed by atoms with Crippen LogP contribution in [0.3, 0.4) is 0 Å². The van der Waals surface area contributed by atoms with E-state index in [2.05, 4.69) is 26.1 Å². The highest BCUT2D eigenvalue weighted by molar-refractivity contribution is 5.95. The van der Waals surface area contributed by atoms with E-state index < -0.39 is 0 Å². The van der Waals surface area contributed by atoms with Crippen LogP contribution in [0.15, 0.2) is 18.2 Å². The van der Waals surface area contributed by atoms with Gasteiger partial charge in [0.2, 0.25) is 0 Å². The molecular formula is C15H24N2O2. The first-order chi connectivity index (χ1) is 9.01. The van der Waals surface area contributed by atoms with Crippen molar-refractivity contribution in [2.75, 3.05) is 12.8 Å². The molecule has 0 aliphatic carbocycles. The van der Waals surface area contributed by atoms with Gasteiger partial charge in [-0.1, -0.05) is 20.8 Å². The summed E-state index contributed by atoms with van der Waals surface area (Å²) in [6.07, 6.45) is 2.74. The number of methoxy groups -OCH3 is 1. The van der Waals surface area contributed by atoms with Crippen LogP contribution in [0.4, 0.5) is 5.69 Å². The number of amides is 1. The summed E-state index contributed by atoms with van der Waals surface area (Å²) in [5.74, 6) is 0.451. The summed E-state index contributed by atoms with van der Waals surface area (Å²) in [6, 6.07) is 5.09. The number of rotatable bonds is 6. The SMILES string of the molecule is CCC(CC)(CC)NC(=O)c1ccc(N)c(OC)c1. The second-order valence-electron chi connectivity index (χ2n) is 4.75. The number of anilines is 1. The van der Waals surface area contributed by atoms with Crippen LogP contribution in [-0.2, 0) is 0 Å². The summed E-state index contributed by atoms with van der Waals surface area (Å²) < 4.78 is 5.14. The molecule has 0 saturated carbocycles. The summed E-state index contributed by atoms with van der Waals surface area (Å²) in [4.78, 5) is 12.3. The van der Waals surface area contributed by atoms with Crippen LogP contribution >= 0.6 is 0 Å². The van der Waals surface area contributed by atoms with Gasteiger partial charge in [-0.25, -0.2) is 0 Å². The zero-order valence-corrected chi connectivity index (χ0v) is 12.2. The van der Waals surface area contributed by atoms with Crippen molar-refractivity contribution in [3.05, 3.63) is 23.8 Å². The van der Waals surface area contributed by atoms with Gasteiger partial charge in [0.05, 0.1) is 12.8 Å².